The highest BCUT2D eigenvalue weighted by molar-refractivity contribution is 4.55. The molecule has 0 radical (unpaired) electrons. The Hall–Kier alpha value is -0.120. The lowest BCUT2D eigenvalue weighted by Crippen LogP contribution is -2.15. The van der Waals surface area contributed by atoms with Gasteiger partial charge in [-0.3, -0.25) is 0 Å². The minimum Gasteiger partial charge on any atom is -0.396 e. The first kappa shape index (κ1) is 17.9. The van der Waals surface area contributed by atoms with Crippen LogP contribution < -0.4 is 0 Å². The van der Waals surface area contributed by atoms with Crippen LogP contribution in [0.25, 0.3) is 0 Å². The third-order valence-electron chi connectivity index (χ3n) is 3.58. The molecule has 3 N–H and O–H groups in total. The predicted molar refractivity (Wildman–Crippen MR) is 75.3 cm³/mol. The molecule has 0 aliphatic rings. The summed E-state index contributed by atoms with van der Waals surface area (Å²) in [6.07, 6.45) is 12.0. The Morgan fingerprint density at radius 3 is 1.44 bits per heavy atom. The van der Waals surface area contributed by atoms with Crippen molar-refractivity contribution in [3.63, 3.8) is 0 Å². The molecule has 0 amide bonds. The molecule has 0 aromatic rings. The maximum absolute atomic E-state index is 8.92. The van der Waals surface area contributed by atoms with Crippen LogP contribution in [0.4, 0.5) is 0 Å². The van der Waals surface area contributed by atoms with Crippen LogP contribution in [0.1, 0.15) is 77.6 Å². The van der Waals surface area contributed by atoms with Gasteiger partial charge in [0.15, 0.2) is 6.29 Å². The zero-order chi connectivity index (χ0) is 13.6. The molecule has 18 heavy (non-hydrogen) atoms. The Balaban J connectivity index is 3.03. The highest BCUT2D eigenvalue weighted by atomic mass is 16.5. The Bertz CT molecular complexity index is 160. The lowest BCUT2D eigenvalue weighted by Gasteiger charge is -2.12. The number of hydrogen-bond donors (Lipinski definition) is 3. The first-order valence-electron chi connectivity index (χ1n) is 7.65. The van der Waals surface area contributed by atoms with E-state index in [0.717, 1.165) is 25.7 Å². The van der Waals surface area contributed by atoms with Gasteiger partial charge in [-0.05, 0) is 12.8 Å². The Kier molecular flexibility index (Phi) is 13.2. The standard InChI is InChI=1S/C15H32O3/c1-14(15(17)18)12-10-8-6-4-2-3-5-7-9-11-13-16/h14-18H,2-13H2,1H3. The van der Waals surface area contributed by atoms with E-state index in [4.69, 9.17) is 15.3 Å². The summed E-state index contributed by atoms with van der Waals surface area (Å²) in [5, 5.41) is 26.5. The third kappa shape index (κ3) is 12.3. The fourth-order valence-electron chi connectivity index (χ4n) is 2.14. The van der Waals surface area contributed by atoms with E-state index >= 15 is 0 Å². The fourth-order valence-corrected chi connectivity index (χ4v) is 2.14. The molecule has 110 valence electrons. The summed E-state index contributed by atoms with van der Waals surface area (Å²) in [5.41, 5.74) is 0. The van der Waals surface area contributed by atoms with Crippen molar-refractivity contribution in [2.75, 3.05) is 6.61 Å². The zero-order valence-electron chi connectivity index (χ0n) is 12.0. The van der Waals surface area contributed by atoms with Crippen molar-refractivity contribution < 1.29 is 15.3 Å². The van der Waals surface area contributed by atoms with Gasteiger partial charge < -0.3 is 15.3 Å². The predicted octanol–water partition coefficient (Wildman–Crippen LogP) is 3.22. The van der Waals surface area contributed by atoms with Crippen LogP contribution in [-0.2, 0) is 0 Å². The Morgan fingerprint density at radius 1 is 0.667 bits per heavy atom. The molecule has 0 bridgehead atoms. The second-order valence-electron chi connectivity index (χ2n) is 5.44. The smallest absolute Gasteiger partial charge is 0.154 e. The van der Waals surface area contributed by atoms with Crippen LogP contribution in [0.15, 0.2) is 0 Å². The van der Waals surface area contributed by atoms with E-state index in [1.807, 2.05) is 6.92 Å². The molecule has 0 aromatic carbocycles. The molecule has 1 atom stereocenters. The average molecular weight is 260 g/mol. The number of aliphatic hydroxyl groups is 3. The summed E-state index contributed by atoms with van der Waals surface area (Å²) >= 11 is 0. The maximum Gasteiger partial charge on any atom is 0.154 e. The zero-order valence-corrected chi connectivity index (χ0v) is 12.0. The number of aliphatic hydroxyl groups excluding tert-OH is 2. The van der Waals surface area contributed by atoms with Gasteiger partial charge in [-0.15, -0.1) is 0 Å². The van der Waals surface area contributed by atoms with Gasteiger partial charge in [0.25, 0.3) is 0 Å². The first-order valence-corrected chi connectivity index (χ1v) is 7.65. The summed E-state index contributed by atoms with van der Waals surface area (Å²) in [5.74, 6) is 0.0107. The van der Waals surface area contributed by atoms with Crippen molar-refractivity contribution >= 4 is 0 Å². The molecule has 0 spiro atoms. The molecule has 0 rings (SSSR count). The molecule has 0 heterocycles. The van der Waals surface area contributed by atoms with Crippen molar-refractivity contribution in [2.24, 2.45) is 5.92 Å². The van der Waals surface area contributed by atoms with Crippen LogP contribution in [0.2, 0.25) is 0 Å². The number of rotatable bonds is 13. The minimum atomic E-state index is -1.15. The second kappa shape index (κ2) is 13.3. The lowest BCUT2D eigenvalue weighted by molar-refractivity contribution is -0.0808. The van der Waals surface area contributed by atoms with Crippen LogP contribution in [0.3, 0.4) is 0 Å². The summed E-state index contributed by atoms with van der Waals surface area (Å²) < 4.78 is 0. The van der Waals surface area contributed by atoms with Crippen molar-refractivity contribution in [1.82, 2.24) is 0 Å². The van der Waals surface area contributed by atoms with Gasteiger partial charge in [0.2, 0.25) is 0 Å². The van der Waals surface area contributed by atoms with E-state index in [0.29, 0.717) is 6.61 Å². The molecule has 0 aromatic heterocycles. The Labute approximate surface area is 112 Å². The van der Waals surface area contributed by atoms with Gasteiger partial charge in [-0.1, -0.05) is 64.7 Å². The Morgan fingerprint density at radius 2 is 1.06 bits per heavy atom. The van der Waals surface area contributed by atoms with Crippen LogP contribution in [0, 0.1) is 5.92 Å². The highest BCUT2D eigenvalue weighted by Gasteiger charge is 2.08. The van der Waals surface area contributed by atoms with E-state index in [-0.39, 0.29) is 5.92 Å². The van der Waals surface area contributed by atoms with E-state index in [9.17, 15) is 0 Å². The molecule has 0 saturated carbocycles. The van der Waals surface area contributed by atoms with Crippen molar-refractivity contribution in [1.29, 1.82) is 0 Å². The molecule has 0 saturated heterocycles. The summed E-state index contributed by atoms with van der Waals surface area (Å²) in [4.78, 5) is 0. The van der Waals surface area contributed by atoms with Crippen molar-refractivity contribution in [3.05, 3.63) is 0 Å². The normalized spacial score (nSPS) is 13.2. The molecular weight excluding hydrogens is 228 g/mol. The third-order valence-corrected chi connectivity index (χ3v) is 3.58. The molecule has 3 nitrogen and oxygen atoms in total. The van der Waals surface area contributed by atoms with Crippen molar-refractivity contribution in [2.45, 2.75) is 83.8 Å². The lowest BCUT2D eigenvalue weighted by atomic mass is 10.0. The SMILES string of the molecule is CC(CCCCCCCCCCCCO)C(O)O. The molecule has 0 aliphatic heterocycles. The van der Waals surface area contributed by atoms with E-state index in [1.165, 1.54) is 44.9 Å². The van der Waals surface area contributed by atoms with Gasteiger partial charge in [0.1, 0.15) is 0 Å². The highest BCUT2D eigenvalue weighted by Crippen LogP contribution is 2.14. The van der Waals surface area contributed by atoms with Gasteiger partial charge in [-0.2, -0.15) is 0 Å². The molecular formula is C15H32O3. The molecule has 1 unspecified atom stereocenters. The van der Waals surface area contributed by atoms with Gasteiger partial charge in [-0.25, -0.2) is 0 Å². The van der Waals surface area contributed by atoms with Gasteiger partial charge in [0, 0.05) is 12.5 Å². The van der Waals surface area contributed by atoms with Crippen LogP contribution in [-0.4, -0.2) is 28.2 Å². The van der Waals surface area contributed by atoms with Crippen molar-refractivity contribution in [3.8, 4) is 0 Å². The fraction of sp³-hybridized carbons (Fsp3) is 1.00. The molecule has 0 aliphatic carbocycles. The number of unbranched alkanes of at least 4 members (excludes halogenated alkanes) is 9. The maximum atomic E-state index is 8.92. The monoisotopic (exact) mass is 260 g/mol. The van der Waals surface area contributed by atoms with Gasteiger partial charge in [0.05, 0.1) is 0 Å². The quantitative estimate of drug-likeness (QED) is 0.352. The van der Waals surface area contributed by atoms with E-state index in [1.54, 1.807) is 0 Å². The van der Waals surface area contributed by atoms with Crippen LogP contribution >= 0.6 is 0 Å². The summed E-state index contributed by atoms with van der Waals surface area (Å²) in [6.45, 7) is 2.22. The molecule has 0 fully saturated rings. The second-order valence-corrected chi connectivity index (χ2v) is 5.44. The van der Waals surface area contributed by atoms with Gasteiger partial charge >= 0.3 is 0 Å². The average Bonchev–Trinajstić information content (AvgIpc) is 2.35. The summed E-state index contributed by atoms with van der Waals surface area (Å²) in [6, 6.07) is 0. The van der Waals surface area contributed by atoms with E-state index < -0.39 is 6.29 Å². The van der Waals surface area contributed by atoms with Crippen LogP contribution in [0.5, 0.6) is 0 Å². The minimum absolute atomic E-state index is 0.0107. The largest absolute Gasteiger partial charge is 0.396 e. The molecule has 3 heteroatoms. The first-order chi connectivity index (χ1) is 8.68. The summed E-state index contributed by atoms with van der Waals surface area (Å²) in [7, 11) is 0. The topological polar surface area (TPSA) is 60.7 Å². The number of hydrogen-bond acceptors (Lipinski definition) is 3. The van der Waals surface area contributed by atoms with E-state index in [2.05, 4.69) is 0 Å².